The number of amides is 1. The fraction of sp³-hybridized carbons (Fsp3) is 0.615. The molecule has 6 nitrogen and oxygen atoms in total. The van der Waals surface area contributed by atoms with Crippen molar-refractivity contribution >= 4 is 22.0 Å². The Bertz CT molecular complexity index is 917. The highest BCUT2D eigenvalue weighted by molar-refractivity contribution is 9.10. The number of ether oxygens (including phenoxy) is 2. The number of hydrogen-bond acceptors (Lipinski definition) is 5. The number of nitriles is 1. The first-order valence-electron chi connectivity index (χ1n) is 11.8. The van der Waals surface area contributed by atoms with Crippen LogP contribution in [0.3, 0.4) is 0 Å². The summed E-state index contributed by atoms with van der Waals surface area (Å²) in [6, 6.07) is 7.78. The van der Waals surface area contributed by atoms with Crippen LogP contribution in [-0.4, -0.2) is 41.1 Å². The highest BCUT2D eigenvalue weighted by Crippen LogP contribution is 2.30. The summed E-state index contributed by atoms with van der Waals surface area (Å²) in [4.78, 5) is 14.0. The van der Waals surface area contributed by atoms with Crippen LogP contribution in [0.15, 0.2) is 34.4 Å². The van der Waals surface area contributed by atoms with Crippen molar-refractivity contribution in [2.75, 3.05) is 6.54 Å². The summed E-state index contributed by atoms with van der Waals surface area (Å²) < 4.78 is 23.6. The van der Waals surface area contributed by atoms with Crippen molar-refractivity contribution in [1.29, 1.82) is 5.26 Å². The minimum absolute atomic E-state index is 0.0180. The summed E-state index contributed by atoms with van der Waals surface area (Å²) in [5, 5.41) is 12.9. The molecule has 188 valence electrons. The molecule has 1 aliphatic carbocycles. The topological polar surface area (TPSA) is 74.6 Å². The summed E-state index contributed by atoms with van der Waals surface area (Å²) in [6.07, 6.45) is 5.22. The first-order valence-corrected chi connectivity index (χ1v) is 12.6. The molecular formula is C26H37BrFN3O3. The number of alkyl halides is 1. The normalized spacial score (nSPS) is 22.9. The number of hydrogen-bond donors (Lipinski definition) is 1. The van der Waals surface area contributed by atoms with Gasteiger partial charge in [0.05, 0.1) is 6.07 Å². The molecule has 8 heteroatoms. The SMILES string of the molecule is CC1CC(C#N)(NC=C2CCC2)CCN1C(=O)OC(C)(C)C.Cc1ccc(OC(C)F)cc1Br. The Morgan fingerprint density at radius 1 is 1.41 bits per heavy atom. The fourth-order valence-electron chi connectivity index (χ4n) is 3.70. The molecular weight excluding hydrogens is 501 g/mol. The molecule has 0 aromatic heterocycles. The standard InChI is InChI=1S/C17H27N3O2.C9H10BrFO/c1-13-10-17(12-18,19-11-14-6-5-7-14)8-9-20(13)15(21)22-16(2,3)4;1-6-3-4-8(5-9(6)10)12-7(2)11/h11,13,19H,5-10H2,1-4H3;3-5,7H,1-2H3. The molecule has 3 unspecified atom stereocenters. The molecule has 1 aromatic carbocycles. The molecule has 1 saturated carbocycles. The Labute approximate surface area is 211 Å². The molecule has 2 fully saturated rings. The second kappa shape index (κ2) is 11.9. The molecule has 34 heavy (non-hydrogen) atoms. The van der Waals surface area contributed by atoms with Gasteiger partial charge in [-0.15, -0.1) is 0 Å². The highest BCUT2D eigenvalue weighted by atomic mass is 79.9. The van der Waals surface area contributed by atoms with E-state index in [2.05, 4.69) is 27.3 Å². The van der Waals surface area contributed by atoms with E-state index < -0.39 is 17.5 Å². The van der Waals surface area contributed by atoms with Crippen molar-refractivity contribution in [3.05, 3.63) is 40.0 Å². The number of rotatable bonds is 4. The number of halogens is 2. The van der Waals surface area contributed by atoms with Gasteiger partial charge < -0.3 is 19.7 Å². The predicted molar refractivity (Wildman–Crippen MR) is 135 cm³/mol. The van der Waals surface area contributed by atoms with Gasteiger partial charge in [-0.25, -0.2) is 9.18 Å². The summed E-state index contributed by atoms with van der Waals surface area (Å²) in [5.74, 6) is 0.544. The van der Waals surface area contributed by atoms with Crippen LogP contribution < -0.4 is 10.1 Å². The van der Waals surface area contributed by atoms with E-state index in [0.717, 1.165) is 22.9 Å². The molecule has 3 rings (SSSR count). The van der Waals surface area contributed by atoms with Crippen LogP contribution in [0.5, 0.6) is 5.75 Å². The van der Waals surface area contributed by atoms with Crippen LogP contribution in [-0.2, 0) is 4.74 Å². The zero-order chi connectivity index (χ0) is 25.5. The van der Waals surface area contributed by atoms with Gasteiger partial charge in [-0.2, -0.15) is 5.26 Å². The van der Waals surface area contributed by atoms with E-state index in [1.54, 1.807) is 17.0 Å². The van der Waals surface area contributed by atoms with Gasteiger partial charge in [-0.05, 0) is 77.8 Å². The summed E-state index contributed by atoms with van der Waals surface area (Å²) >= 11 is 3.33. The van der Waals surface area contributed by atoms with E-state index in [1.807, 2.05) is 46.9 Å². The molecule has 1 aliphatic heterocycles. The minimum Gasteiger partial charge on any atom is -0.461 e. The Kier molecular flexibility index (Phi) is 9.81. The largest absolute Gasteiger partial charge is 0.461 e. The Balaban J connectivity index is 0.000000287. The number of nitrogens with one attached hydrogen (secondary N) is 1. The predicted octanol–water partition coefficient (Wildman–Crippen LogP) is 6.78. The molecule has 2 aliphatic rings. The third-order valence-electron chi connectivity index (χ3n) is 5.79. The van der Waals surface area contributed by atoms with Gasteiger partial charge in [0.1, 0.15) is 16.9 Å². The van der Waals surface area contributed by atoms with E-state index >= 15 is 0 Å². The number of likely N-dealkylation sites (tertiary alicyclic amines) is 1. The highest BCUT2D eigenvalue weighted by Gasteiger charge is 2.40. The maximum atomic E-state index is 12.4. The van der Waals surface area contributed by atoms with Gasteiger partial charge in [-0.1, -0.05) is 27.6 Å². The van der Waals surface area contributed by atoms with Crippen molar-refractivity contribution in [2.45, 2.75) is 97.2 Å². The Morgan fingerprint density at radius 3 is 2.56 bits per heavy atom. The third-order valence-corrected chi connectivity index (χ3v) is 6.64. The molecule has 1 heterocycles. The number of aryl methyl sites for hydroxylation is 1. The van der Waals surface area contributed by atoms with Gasteiger partial charge in [-0.3, -0.25) is 0 Å². The number of allylic oxidation sites excluding steroid dienone is 1. The lowest BCUT2D eigenvalue weighted by Gasteiger charge is -2.42. The number of carbonyl (C=O) groups is 1. The molecule has 3 atom stereocenters. The maximum Gasteiger partial charge on any atom is 0.410 e. The van der Waals surface area contributed by atoms with Crippen LogP contribution in [0.2, 0.25) is 0 Å². The number of piperidine rings is 1. The van der Waals surface area contributed by atoms with Crippen molar-refractivity contribution in [3.8, 4) is 11.8 Å². The molecule has 1 amide bonds. The summed E-state index contributed by atoms with van der Waals surface area (Å²) in [6.45, 7) is 11.4. The van der Waals surface area contributed by atoms with Gasteiger partial charge >= 0.3 is 6.09 Å². The van der Waals surface area contributed by atoms with Crippen molar-refractivity contribution in [2.24, 2.45) is 0 Å². The Hall–Kier alpha value is -2.27. The van der Waals surface area contributed by atoms with Crippen molar-refractivity contribution in [3.63, 3.8) is 0 Å². The van der Waals surface area contributed by atoms with Crippen LogP contribution in [0.4, 0.5) is 9.18 Å². The minimum atomic E-state index is -1.26. The molecule has 0 spiro atoms. The van der Waals surface area contributed by atoms with Crippen molar-refractivity contribution in [1.82, 2.24) is 10.2 Å². The zero-order valence-electron chi connectivity index (χ0n) is 21.1. The maximum absolute atomic E-state index is 12.4. The van der Waals surface area contributed by atoms with Gasteiger partial charge in [0, 0.05) is 36.8 Å². The van der Waals surface area contributed by atoms with Gasteiger partial charge in [0.25, 0.3) is 0 Å². The molecule has 0 radical (unpaired) electrons. The van der Waals surface area contributed by atoms with E-state index in [9.17, 15) is 14.4 Å². The zero-order valence-corrected chi connectivity index (χ0v) is 22.7. The molecule has 1 aromatic rings. The average Bonchev–Trinajstić information content (AvgIpc) is 2.68. The first kappa shape index (κ1) is 28.0. The molecule has 1 N–H and O–H groups in total. The number of nitrogens with zero attached hydrogens (tertiary/aromatic N) is 2. The summed E-state index contributed by atoms with van der Waals surface area (Å²) in [5.41, 5.74) is 1.43. The van der Waals surface area contributed by atoms with Crippen molar-refractivity contribution < 1.29 is 18.7 Å². The average molecular weight is 539 g/mol. The summed E-state index contributed by atoms with van der Waals surface area (Å²) in [7, 11) is 0. The van der Waals surface area contributed by atoms with E-state index in [-0.39, 0.29) is 12.1 Å². The lowest BCUT2D eigenvalue weighted by molar-refractivity contribution is 0.00653. The van der Waals surface area contributed by atoms with Gasteiger partial charge in [0.2, 0.25) is 6.36 Å². The lowest BCUT2D eigenvalue weighted by atomic mass is 9.84. The van der Waals surface area contributed by atoms with Crippen LogP contribution >= 0.6 is 15.9 Å². The van der Waals surface area contributed by atoms with Gasteiger partial charge in [0.15, 0.2) is 0 Å². The van der Waals surface area contributed by atoms with Crippen LogP contribution in [0.1, 0.15) is 72.3 Å². The monoisotopic (exact) mass is 537 g/mol. The first-order chi connectivity index (χ1) is 15.8. The second-order valence-corrected chi connectivity index (χ2v) is 10.9. The van der Waals surface area contributed by atoms with Crippen LogP contribution in [0.25, 0.3) is 0 Å². The molecule has 1 saturated heterocycles. The second-order valence-electron chi connectivity index (χ2n) is 10.0. The van der Waals surface area contributed by atoms with Crippen LogP contribution in [0, 0.1) is 18.3 Å². The number of benzene rings is 1. The molecule has 0 bridgehead atoms. The van der Waals surface area contributed by atoms with E-state index in [4.69, 9.17) is 9.47 Å². The Morgan fingerprint density at radius 2 is 2.09 bits per heavy atom. The quantitative estimate of drug-likeness (QED) is 0.458. The fourth-order valence-corrected chi connectivity index (χ4v) is 4.06. The smallest absolute Gasteiger partial charge is 0.410 e. The van der Waals surface area contributed by atoms with E-state index in [1.165, 1.54) is 18.9 Å². The number of carbonyl (C=O) groups excluding carboxylic acids is 1. The lowest BCUT2D eigenvalue weighted by Crippen LogP contribution is -2.56. The third kappa shape index (κ3) is 8.50. The van der Waals surface area contributed by atoms with E-state index in [0.29, 0.717) is 25.1 Å².